The number of aromatic nitrogens is 3. The fourth-order valence-corrected chi connectivity index (χ4v) is 5.66. The molecule has 11 heteroatoms. The van der Waals surface area contributed by atoms with Gasteiger partial charge in [0.2, 0.25) is 11.4 Å². The maximum absolute atomic E-state index is 15.7. The van der Waals surface area contributed by atoms with E-state index in [9.17, 15) is 14.7 Å². The molecule has 1 atom stereocenters. The Bertz CT molecular complexity index is 1750. The van der Waals surface area contributed by atoms with E-state index >= 15 is 4.39 Å². The zero-order valence-corrected chi connectivity index (χ0v) is 21.5. The number of aromatic carboxylic acids is 1. The minimum Gasteiger partial charge on any atom is -0.488 e. The molecule has 0 aliphatic carbocycles. The van der Waals surface area contributed by atoms with Crippen LogP contribution in [0, 0.1) is 5.82 Å². The molecule has 10 nitrogen and oxygen atoms in total. The van der Waals surface area contributed by atoms with Crippen LogP contribution < -0.4 is 26.5 Å². The van der Waals surface area contributed by atoms with Crippen LogP contribution >= 0.6 is 0 Å². The van der Waals surface area contributed by atoms with E-state index in [1.807, 2.05) is 32.0 Å². The van der Waals surface area contributed by atoms with Gasteiger partial charge in [-0.2, -0.15) is 4.98 Å². The summed E-state index contributed by atoms with van der Waals surface area (Å²) in [4.78, 5) is 35.2. The van der Waals surface area contributed by atoms with Crippen LogP contribution in [-0.4, -0.2) is 38.8 Å². The number of benzene rings is 2. The number of hydrogen-bond donors (Lipinski definition) is 3. The lowest BCUT2D eigenvalue weighted by molar-refractivity contribution is 0.0694. The average Bonchev–Trinajstić information content (AvgIpc) is 3.30. The first-order valence-electron chi connectivity index (χ1n) is 12.7. The third kappa shape index (κ3) is 3.84. The van der Waals surface area contributed by atoms with Gasteiger partial charge in [0.1, 0.15) is 23.8 Å². The van der Waals surface area contributed by atoms with E-state index in [2.05, 4.69) is 14.9 Å². The monoisotopic (exact) mass is 530 g/mol. The minimum absolute atomic E-state index is 0.0138. The Kier molecular flexibility index (Phi) is 5.67. The number of nitrogens with zero attached hydrogens (tertiary/aromatic N) is 4. The number of aryl methyl sites for hydroxylation is 1. The van der Waals surface area contributed by atoms with E-state index < -0.39 is 22.8 Å². The number of nitrogens with two attached hydrogens (primary N) is 2. The number of pyridine rings is 1. The number of ether oxygens (including phenoxy) is 1. The molecule has 2 aromatic heterocycles. The molecule has 2 aliphatic heterocycles. The van der Waals surface area contributed by atoms with E-state index in [1.54, 1.807) is 4.57 Å². The fourth-order valence-electron chi connectivity index (χ4n) is 5.66. The Balaban J connectivity index is 1.44. The molecule has 200 valence electrons. The van der Waals surface area contributed by atoms with Gasteiger partial charge in [-0.25, -0.2) is 14.2 Å². The molecule has 0 bridgehead atoms. The largest absolute Gasteiger partial charge is 0.488 e. The lowest BCUT2D eigenvalue weighted by Gasteiger charge is -2.28. The van der Waals surface area contributed by atoms with Crippen LogP contribution in [-0.2, 0) is 19.4 Å². The average molecular weight is 531 g/mol. The van der Waals surface area contributed by atoms with Gasteiger partial charge in [-0.3, -0.25) is 4.79 Å². The number of carboxylic acid groups (broad SMARTS) is 1. The maximum Gasteiger partial charge on any atom is 0.341 e. The first-order chi connectivity index (χ1) is 18.7. The van der Waals surface area contributed by atoms with Gasteiger partial charge in [-0.1, -0.05) is 13.0 Å². The normalized spacial score (nSPS) is 15.9. The van der Waals surface area contributed by atoms with E-state index in [1.165, 1.54) is 6.20 Å². The minimum atomic E-state index is -1.35. The second kappa shape index (κ2) is 8.97. The van der Waals surface area contributed by atoms with Gasteiger partial charge in [-0.05, 0) is 49.1 Å². The van der Waals surface area contributed by atoms with Crippen LogP contribution in [0.2, 0.25) is 0 Å². The SMILES string of the molecule is CCc1nc(N)nc(N)c1CN1CCc2cc(-c3c(F)cc4c(=O)c(C(=O)O)cn5c4c3OC[C@@H]5C)ccc21. The molecule has 4 aromatic rings. The van der Waals surface area contributed by atoms with Crippen LogP contribution in [0.5, 0.6) is 5.75 Å². The summed E-state index contributed by atoms with van der Waals surface area (Å²) >= 11 is 0. The summed E-state index contributed by atoms with van der Waals surface area (Å²) in [6, 6.07) is 6.60. The summed E-state index contributed by atoms with van der Waals surface area (Å²) < 4.78 is 23.4. The number of carbonyl (C=O) groups is 1. The summed E-state index contributed by atoms with van der Waals surface area (Å²) in [6.45, 7) is 5.32. The Morgan fingerprint density at radius 2 is 2.05 bits per heavy atom. The zero-order valence-electron chi connectivity index (χ0n) is 21.5. The Morgan fingerprint density at radius 1 is 1.26 bits per heavy atom. The fraction of sp³-hybridized carbons (Fsp3) is 0.286. The molecule has 0 spiro atoms. The molecule has 6 rings (SSSR count). The van der Waals surface area contributed by atoms with Gasteiger partial charge in [0, 0.05) is 30.5 Å². The Morgan fingerprint density at radius 3 is 2.79 bits per heavy atom. The van der Waals surface area contributed by atoms with Crippen LogP contribution in [0.3, 0.4) is 0 Å². The summed E-state index contributed by atoms with van der Waals surface area (Å²) in [5.74, 6) is -1.23. The molecule has 0 fully saturated rings. The number of fused-ring (bicyclic) bond motifs is 1. The van der Waals surface area contributed by atoms with Gasteiger partial charge >= 0.3 is 5.97 Å². The van der Waals surface area contributed by atoms with E-state index in [4.69, 9.17) is 16.2 Å². The van der Waals surface area contributed by atoms with E-state index in [0.29, 0.717) is 29.9 Å². The van der Waals surface area contributed by atoms with Crippen molar-refractivity contribution in [3.63, 3.8) is 0 Å². The lowest BCUT2D eigenvalue weighted by Crippen LogP contribution is -2.27. The molecule has 2 aliphatic rings. The quantitative estimate of drug-likeness (QED) is 0.352. The molecular formula is C28H27FN6O4. The van der Waals surface area contributed by atoms with Crippen LogP contribution in [0.1, 0.15) is 47.1 Å². The van der Waals surface area contributed by atoms with E-state index in [0.717, 1.165) is 41.5 Å². The van der Waals surface area contributed by atoms with Crippen LogP contribution in [0.4, 0.5) is 21.8 Å². The third-order valence-corrected chi connectivity index (χ3v) is 7.58. The van der Waals surface area contributed by atoms with Crippen molar-refractivity contribution in [2.75, 3.05) is 29.5 Å². The molecule has 2 aromatic carbocycles. The van der Waals surface area contributed by atoms with Gasteiger partial charge in [0.05, 0.1) is 28.2 Å². The first-order valence-corrected chi connectivity index (χ1v) is 12.7. The zero-order chi connectivity index (χ0) is 27.6. The van der Waals surface area contributed by atoms with Crippen molar-refractivity contribution >= 4 is 34.3 Å². The summed E-state index contributed by atoms with van der Waals surface area (Å²) in [5.41, 5.74) is 15.8. The molecule has 4 heterocycles. The first kappa shape index (κ1) is 24.7. The summed E-state index contributed by atoms with van der Waals surface area (Å²) in [5, 5.41) is 9.51. The molecular weight excluding hydrogens is 503 g/mol. The highest BCUT2D eigenvalue weighted by atomic mass is 19.1. The van der Waals surface area contributed by atoms with Gasteiger partial charge < -0.3 is 30.8 Å². The lowest BCUT2D eigenvalue weighted by atomic mass is 9.96. The van der Waals surface area contributed by atoms with Gasteiger partial charge in [0.15, 0.2) is 5.75 Å². The molecule has 0 amide bonds. The van der Waals surface area contributed by atoms with Crippen molar-refractivity contribution in [3.05, 3.63) is 68.9 Å². The number of halogens is 1. The smallest absolute Gasteiger partial charge is 0.341 e. The second-order valence-electron chi connectivity index (χ2n) is 9.96. The van der Waals surface area contributed by atoms with E-state index in [-0.39, 0.29) is 35.3 Å². The third-order valence-electron chi connectivity index (χ3n) is 7.58. The van der Waals surface area contributed by atoms with Crippen LogP contribution in [0.15, 0.2) is 35.3 Å². The number of anilines is 3. The number of hydrogen-bond acceptors (Lipinski definition) is 8. The predicted octanol–water partition coefficient (Wildman–Crippen LogP) is 3.54. The second-order valence-corrected chi connectivity index (χ2v) is 9.96. The van der Waals surface area contributed by atoms with Crippen molar-refractivity contribution < 1.29 is 19.0 Å². The number of carboxylic acids is 1. The van der Waals surface area contributed by atoms with Crippen LogP contribution in [0.25, 0.3) is 22.0 Å². The number of rotatable bonds is 5. The molecule has 0 saturated heterocycles. The standard InChI is InChI=1S/C28H27FN6O4/c1-3-20-17(26(30)33-28(31)32-20)10-34-7-6-14-8-15(4-5-21(14)34)22-19(29)9-16-23-25(22)39-12-13(2)35(23)11-18(24(16)36)27(37)38/h4-5,8-9,11,13H,3,6-7,10,12H2,1-2H3,(H,37,38)(H4,30,31,32,33)/t13-/m0/s1. The molecule has 39 heavy (non-hydrogen) atoms. The molecule has 0 unspecified atom stereocenters. The van der Waals surface area contributed by atoms with Crippen molar-refractivity contribution in [2.24, 2.45) is 0 Å². The summed E-state index contributed by atoms with van der Waals surface area (Å²) in [6.07, 6.45) is 2.74. The molecule has 0 radical (unpaired) electrons. The van der Waals surface area contributed by atoms with Crippen molar-refractivity contribution in [1.82, 2.24) is 14.5 Å². The maximum atomic E-state index is 15.7. The van der Waals surface area contributed by atoms with Gasteiger partial charge in [-0.15, -0.1) is 0 Å². The topological polar surface area (TPSA) is 150 Å². The Hall–Kier alpha value is -4.67. The van der Waals surface area contributed by atoms with Crippen molar-refractivity contribution in [3.8, 4) is 16.9 Å². The number of nitrogen functional groups attached to an aromatic ring is 2. The Labute approximate surface area is 222 Å². The predicted molar refractivity (Wildman–Crippen MR) is 146 cm³/mol. The highest BCUT2D eigenvalue weighted by molar-refractivity contribution is 5.98. The molecule has 0 saturated carbocycles. The van der Waals surface area contributed by atoms with Gasteiger partial charge in [0.25, 0.3) is 0 Å². The summed E-state index contributed by atoms with van der Waals surface area (Å²) in [7, 11) is 0. The highest BCUT2D eigenvalue weighted by Gasteiger charge is 2.30. The van der Waals surface area contributed by atoms with Crippen molar-refractivity contribution in [2.45, 2.75) is 39.3 Å². The van der Waals surface area contributed by atoms with Crippen molar-refractivity contribution in [1.29, 1.82) is 0 Å². The highest BCUT2D eigenvalue weighted by Crippen LogP contribution is 2.43. The molecule has 5 N–H and O–H groups in total.